The Kier molecular flexibility index (Phi) is 4.03. The van der Waals surface area contributed by atoms with E-state index in [1.54, 1.807) is 11.0 Å². The van der Waals surface area contributed by atoms with E-state index in [9.17, 15) is 0 Å². The number of nitrogens with one attached hydrogen (secondary N) is 1. The molecule has 2 heterocycles. The van der Waals surface area contributed by atoms with Crippen molar-refractivity contribution in [1.29, 1.82) is 0 Å². The molecule has 18 heavy (non-hydrogen) atoms. The Morgan fingerprint density at radius 2 is 2.22 bits per heavy atom. The molecule has 0 aliphatic carbocycles. The number of aromatic nitrogens is 6. The first kappa shape index (κ1) is 12.7. The van der Waals surface area contributed by atoms with Crippen LogP contribution in [0.3, 0.4) is 0 Å². The maximum Gasteiger partial charge on any atom is 0.148 e. The van der Waals surface area contributed by atoms with E-state index in [0.29, 0.717) is 12.6 Å². The maximum absolute atomic E-state index is 4.21. The largest absolute Gasteiger partial charge is 0.309 e. The van der Waals surface area contributed by atoms with Gasteiger partial charge >= 0.3 is 0 Å². The predicted octanol–water partition coefficient (Wildman–Crippen LogP) is 0.436. The van der Waals surface area contributed by atoms with E-state index in [4.69, 9.17) is 0 Å². The number of hydrogen-bond acceptors (Lipinski definition) is 5. The highest BCUT2D eigenvalue weighted by molar-refractivity contribution is 4.94. The highest BCUT2D eigenvalue weighted by Gasteiger charge is 2.06. The molecule has 2 aromatic heterocycles. The molecule has 1 N–H and O–H groups in total. The molecule has 2 rings (SSSR count). The molecule has 7 heteroatoms. The van der Waals surface area contributed by atoms with Gasteiger partial charge in [0.05, 0.1) is 11.9 Å². The van der Waals surface area contributed by atoms with E-state index in [2.05, 4.69) is 39.6 Å². The molecule has 0 amide bonds. The first-order chi connectivity index (χ1) is 8.69. The van der Waals surface area contributed by atoms with Crippen LogP contribution in [0.5, 0.6) is 0 Å². The average Bonchev–Trinajstić information content (AvgIpc) is 2.96. The molecule has 0 saturated carbocycles. The van der Waals surface area contributed by atoms with Crippen LogP contribution in [0.1, 0.15) is 32.3 Å². The highest BCUT2D eigenvalue weighted by Crippen LogP contribution is 1.99. The molecule has 0 spiro atoms. The molecule has 0 aliphatic heterocycles. The normalized spacial score (nSPS) is 11.3. The van der Waals surface area contributed by atoms with Crippen LogP contribution in [0.25, 0.3) is 0 Å². The summed E-state index contributed by atoms with van der Waals surface area (Å²) in [5.74, 6) is 0.894. The molecule has 0 atom stereocenters. The van der Waals surface area contributed by atoms with E-state index in [0.717, 1.165) is 24.6 Å². The third-order valence-electron chi connectivity index (χ3n) is 2.58. The number of hydrogen-bond donors (Lipinski definition) is 1. The second-order valence-corrected chi connectivity index (χ2v) is 4.44. The Morgan fingerprint density at radius 1 is 1.39 bits per heavy atom. The Balaban J connectivity index is 1.98. The molecule has 0 fully saturated rings. The topological polar surface area (TPSA) is 73.5 Å². The lowest BCUT2D eigenvalue weighted by molar-refractivity contribution is 0.557. The Morgan fingerprint density at radius 3 is 2.94 bits per heavy atom. The summed E-state index contributed by atoms with van der Waals surface area (Å²) in [6.07, 6.45) is 3.50. The molecular weight excluding hydrogens is 230 g/mol. The van der Waals surface area contributed by atoms with Crippen molar-refractivity contribution in [3.8, 4) is 0 Å². The zero-order valence-corrected chi connectivity index (χ0v) is 11.0. The summed E-state index contributed by atoms with van der Waals surface area (Å²) in [6.45, 7) is 8.40. The van der Waals surface area contributed by atoms with Crippen molar-refractivity contribution < 1.29 is 0 Å². The summed E-state index contributed by atoms with van der Waals surface area (Å²) in [7, 11) is 0. The van der Waals surface area contributed by atoms with Crippen LogP contribution in [-0.4, -0.2) is 35.8 Å². The maximum atomic E-state index is 4.21. The van der Waals surface area contributed by atoms with Crippen molar-refractivity contribution in [2.75, 3.05) is 0 Å². The van der Waals surface area contributed by atoms with Gasteiger partial charge in [0.15, 0.2) is 0 Å². The third-order valence-corrected chi connectivity index (χ3v) is 2.58. The molecule has 98 valence electrons. The summed E-state index contributed by atoms with van der Waals surface area (Å²) >= 11 is 0. The monoisotopic (exact) mass is 249 g/mol. The van der Waals surface area contributed by atoms with Crippen molar-refractivity contribution in [1.82, 2.24) is 35.1 Å². The Bertz CT molecular complexity index is 485. The second-order valence-electron chi connectivity index (χ2n) is 4.44. The van der Waals surface area contributed by atoms with Crippen LogP contribution in [0, 0.1) is 0 Å². The van der Waals surface area contributed by atoms with Crippen molar-refractivity contribution in [3.05, 3.63) is 24.0 Å². The van der Waals surface area contributed by atoms with Gasteiger partial charge in [-0.2, -0.15) is 5.10 Å². The zero-order chi connectivity index (χ0) is 13.0. The molecule has 0 radical (unpaired) electrons. The van der Waals surface area contributed by atoms with Gasteiger partial charge in [-0.3, -0.25) is 0 Å². The fourth-order valence-electron chi connectivity index (χ4n) is 1.63. The van der Waals surface area contributed by atoms with Crippen LogP contribution in [0.15, 0.2) is 12.5 Å². The summed E-state index contributed by atoms with van der Waals surface area (Å²) in [5, 5.41) is 15.6. The van der Waals surface area contributed by atoms with Gasteiger partial charge in [-0.05, 0) is 6.92 Å². The van der Waals surface area contributed by atoms with Crippen molar-refractivity contribution in [2.45, 2.75) is 46.4 Å². The van der Waals surface area contributed by atoms with Gasteiger partial charge in [0.1, 0.15) is 18.7 Å². The minimum Gasteiger partial charge on any atom is -0.309 e. The number of nitrogens with zero attached hydrogens (tertiary/aromatic N) is 6. The Hall–Kier alpha value is -1.76. The van der Waals surface area contributed by atoms with Crippen LogP contribution in [-0.2, 0) is 19.6 Å². The zero-order valence-electron chi connectivity index (χ0n) is 11.0. The summed E-state index contributed by atoms with van der Waals surface area (Å²) in [5.41, 5.74) is 0.936. The quantitative estimate of drug-likeness (QED) is 0.804. The minimum atomic E-state index is 0.443. The molecule has 0 aliphatic rings. The van der Waals surface area contributed by atoms with Gasteiger partial charge in [0.2, 0.25) is 0 Å². The molecule has 0 unspecified atom stereocenters. The summed E-state index contributed by atoms with van der Waals surface area (Å²) in [4.78, 5) is 4.21. The van der Waals surface area contributed by atoms with Gasteiger partial charge in [-0.15, -0.1) is 5.10 Å². The standard InChI is InChI=1S/C11H19N7/c1-4-18-11(13-8-14-18)7-17-6-10(15-16-17)5-12-9(2)3/h6,8-9,12H,4-5,7H2,1-3H3. The Labute approximate surface area is 106 Å². The smallest absolute Gasteiger partial charge is 0.148 e. The predicted molar refractivity (Wildman–Crippen MR) is 66.8 cm³/mol. The van der Waals surface area contributed by atoms with Crippen LogP contribution >= 0.6 is 0 Å². The van der Waals surface area contributed by atoms with E-state index in [-0.39, 0.29) is 0 Å². The van der Waals surface area contributed by atoms with Gasteiger partial charge in [-0.1, -0.05) is 19.1 Å². The molecule has 2 aromatic rings. The first-order valence-corrected chi connectivity index (χ1v) is 6.18. The second kappa shape index (κ2) is 5.72. The lowest BCUT2D eigenvalue weighted by atomic mass is 10.3. The highest BCUT2D eigenvalue weighted by atomic mass is 15.4. The van der Waals surface area contributed by atoms with Gasteiger partial charge in [0, 0.05) is 19.1 Å². The van der Waals surface area contributed by atoms with Crippen molar-refractivity contribution in [3.63, 3.8) is 0 Å². The summed E-state index contributed by atoms with van der Waals surface area (Å²) in [6, 6.07) is 0.443. The van der Waals surface area contributed by atoms with Crippen molar-refractivity contribution in [2.24, 2.45) is 0 Å². The fourth-order valence-corrected chi connectivity index (χ4v) is 1.63. The van der Waals surface area contributed by atoms with Gasteiger partial charge < -0.3 is 5.32 Å². The van der Waals surface area contributed by atoms with E-state index >= 15 is 0 Å². The molecule has 0 bridgehead atoms. The molecule has 0 aromatic carbocycles. The van der Waals surface area contributed by atoms with Crippen LogP contribution < -0.4 is 5.32 Å². The van der Waals surface area contributed by atoms with E-state index in [1.807, 2.05) is 17.8 Å². The van der Waals surface area contributed by atoms with Crippen LogP contribution in [0.4, 0.5) is 0 Å². The summed E-state index contributed by atoms with van der Waals surface area (Å²) < 4.78 is 3.64. The SMILES string of the molecule is CCn1ncnc1Cn1cc(CNC(C)C)nn1. The lowest BCUT2D eigenvalue weighted by Crippen LogP contribution is -2.21. The average molecular weight is 249 g/mol. The molecule has 0 saturated heterocycles. The number of aryl methyl sites for hydroxylation is 1. The van der Waals surface area contributed by atoms with Gasteiger partial charge in [0.25, 0.3) is 0 Å². The minimum absolute atomic E-state index is 0.443. The van der Waals surface area contributed by atoms with Crippen molar-refractivity contribution >= 4 is 0 Å². The fraction of sp³-hybridized carbons (Fsp3) is 0.636. The van der Waals surface area contributed by atoms with Gasteiger partial charge in [-0.25, -0.2) is 14.3 Å². The number of rotatable bonds is 6. The van der Waals surface area contributed by atoms with E-state index in [1.165, 1.54) is 0 Å². The van der Waals surface area contributed by atoms with E-state index < -0.39 is 0 Å². The molecule has 7 nitrogen and oxygen atoms in total. The first-order valence-electron chi connectivity index (χ1n) is 6.18. The van der Waals surface area contributed by atoms with Crippen LogP contribution in [0.2, 0.25) is 0 Å². The molecular formula is C11H19N7. The lowest BCUT2D eigenvalue weighted by Gasteiger charge is -2.04. The third kappa shape index (κ3) is 3.13.